The van der Waals surface area contributed by atoms with Crippen LogP contribution >= 0.6 is 11.8 Å². The van der Waals surface area contributed by atoms with Gasteiger partial charge < -0.3 is 4.74 Å². The maximum atomic E-state index is 12.9. The van der Waals surface area contributed by atoms with Crippen molar-refractivity contribution in [3.63, 3.8) is 0 Å². The van der Waals surface area contributed by atoms with Crippen molar-refractivity contribution in [2.75, 3.05) is 12.2 Å². The number of nitrogens with zero attached hydrogens (tertiary/aromatic N) is 2. The van der Waals surface area contributed by atoms with Gasteiger partial charge in [-0.3, -0.25) is 0 Å². The Balaban J connectivity index is 1.93. The fourth-order valence-electron chi connectivity index (χ4n) is 1.89. The van der Waals surface area contributed by atoms with E-state index in [4.69, 9.17) is 4.74 Å². The summed E-state index contributed by atoms with van der Waals surface area (Å²) < 4.78 is 22.3. The fourth-order valence-corrected chi connectivity index (χ4v) is 5.40. The van der Waals surface area contributed by atoms with Crippen LogP contribution in [0.25, 0.3) is 0 Å². The summed E-state index contributed by atoms with van der Waals surface area (Å²) in [7, 11) is -0.819. The molecule has 0 bridgehead atoms. The minimum atomic E-state index is -2.43. The lowest BCUT2D eigenvalue weighted by atomic mass is 10.3. The molecule has 0 N–H and O–H groups in total. The molecule has 21 heavy (non-hydrogen) atoms. The predicted octanol–water partition coefficient (Wildman–Crippen LogP) is 3.91. The van der Waals surface area contributed by atoms with Crippen molar-refractivity contribution in [2.45, 2.75) is 4.90 Å². The molecule has 0 amide bonds. The van der Waals surface area contributed by atoms with Crippen molar-refractivity contribution in [3.05, 3.63) is 54.6 Å². The van der Waals surface area contributed by atoms with E-state index < -0.39 is 9.73 Å². The Hall–Kier alpha value is -1.79. The van der Waals surface area contributed by atoms with Crippen LogP contribution in [0.4, 0.5) is 5.69 Å². The summed E-state index contributed by atoms with van der Waals surface area (Å²) in [5.41, 5.74) is 0.821. The van der Waals surface area contributed by atoms with Crippen molar-refractivity contribution in [2.24, 2.45) is 9.36 Å². The van der Waals surface area contributed by atoms with E-state index >= 15 is 0 Å². The van der Waals surface area contributed by atoms with Crippen LogP contribution in [-0.2, 0) is 9.73 Å². The Morgan fingerprint density at radius 1 is 1.14 bits per heavy atom. The minimum Gasteiger partial charge on any atom is -0.497 e. The molecule has 3 rings (SSSR count). The number of aliphatic imine (C=N–C) groups is 1. The fraction of sp³-hybridized carbons (Fsp3) is 0.133. The van der Waals surface area contributed by atoms with E-state index in [1.807, 2.05) is 30.3 Å². The van der Waals surface area contributed by atoms with Crippen LogP contribution in [0.3, 0.4) is 0 Å². The molecule has 108 valence electrons. The normalized spacial score (nSPS) is 23.0. The maximum Gasteiger partial charge on any atom is 0.198 e. The molecule has 0 fully saturated rings. The van der Waals surface area contributed by atoms with Crippen molar-refractivity contribution < 1.29 is 8.95 Å². The third-order valence-electron chi connectivity index (χ3n) is 2.98. The number of hydrogen-bond acceptors (Lipinski definition) is 4. The van der Waals surface area contributed by atoms with Gasteiger partial charge >= 0.3 is 0 Å². The van der Waals surface area contributed by atoms with Gasteiger partial charge in [-0.15, -0.1) is 0 Å². The first-order valence-corrected chi connectivity index (χ1v) is 9.02. The van der Waals surface area contributed by atoms with E-state index in [9.17, 15) is 4.21 Å². The lowest BCUT2D eigenvalue weighted by Crippen LogP contribution is -1.99. The van der Waals surface area contributed by atoms with Gasteiger partial charge in [-0.05, 0) is 36.4 Å². The quantitative estimate of drug-likeness (QED) is 0.862. The molecule has 0 aliphatic carbocycles. The topological polar surface area (TPSA) is 51.0 Å². The molecule has 1 aliphatic rings. The third kappa shape index (κ3) is 3.11. The van der Waals surface area contributed by atoms with Crippen molar-refractivity contribution in [1.82, 2.24) is 0 Å². The first kappa shape index (κ1) is 14.2. The number of methoxy groups -OCH3 is 1. The monoisotopic (exact) mass is 318 g/mol. The second kappa shape index (κ2) is 5.91. The zero-order valence-electron chi connectivity index (χ0n) is 11.4. The number of ether oxygens (including phenoxy) is 1. The van der Waals surface area contributed by atoms with Crippen LogP contribution in [-0.4, -0.2) is 21.6 Å². The van der Waals surface area contributed by atoms with Gasteiger partial charge in [-0.25, -0.2) is 9.20 Å². The number of amidine groups is 1. The Morgan fingerprint density at radius 3 is 2.52 bits per heavy atom. The lowest BCUT2D eigenvalue weighted by Gasteiger charge is -2.04. The number of para-hydroxylation sites is 1. The Bertz CT molecular complexity index is 777. The van der Waals surface area contributed by atoms with E-state index in [1.165, 1.54) is 11.8 Å². The van der Waals surface area contributed by atoms with E-state index in [1.54, 1.807) is 31.4 Å². The molecular weight excluding hydrogens is 304 g/mol. The summed E-state index contributed by atoms with van der Waals surface area (Å²) in [5, 5.41) is 1.01. The number of thioether (sulfide) groups is 1. The predicted molar refractivity (Wildman–Crippen MR) is 87.8 cm³/mol. The van der Waals surface area contributed by atoms with Crippen LogP contribution in [0.15, 0.2) is 68.8 Å². The van der Waals surface area contributed by atoms with Gasteiger partial charge in [-0.2, -0.15) is 4.36 Å². The van der Waals surface area contributed by atoms with Gasteiger partial charge in [0.1, 0.15) is 5.75 Å². The molecule has 0 spiro atoms. The molecule has 1 unspecified atom stereocenters. The number of benzene rings is 2. The number of hydrogen-bond donors (Lipinski definition) is 0. The Labute approximate surface area is 128 Å². The summed E-state index contributed by atoms with van der Waals surface area (Å²) in [6.45, 7) is 0. The third-order valence-corrected chi connectivity index (χ3v) is 6.76. The Kier molecular flexibility index (Phi) is 3.98. The van der Waals surface area contributed by atoms with E-state index in [0.29, 0.717) is 15.1 Å². The SMILES string of the molecule is COc1ccc(S2(=O)=NC(=Nc3ccccc3)SC2)cc1. The van der Waals surface area contributed by atoms with Crippen LogP contribution in [0.5, 0.6) is 5.75 Å². The average Bonchev–Trinajstić information content (AvgIpc) is 2.91. The Morgan fingerprint density at radius 2 is 1.86 bits per heavy atom. The molecule has 0 saturated heterocycles. The summed E-state index contributed by atoms with van der Waals surface area (Å²) in [6, 6.07) is 16.8. The smallest absolute Gasteiger partial charge is 0.198 e. The van der Waals surface area contributed by atoms with E-state index in [-0.39, 0.29) is 0 Å². The molecule has 0 saturated carbocycles. The van der Waals surface area contributed by atoms with Gasteiger partial charge in [0.15, 0.2) is 5.17 Å². The highest BCUT2D eigenvalue weighted by atomic mass is 32.3. The zero-order valence-corrected chi connectivity index (χ0v) is 13.1. The number of rotatable bonds is 3. The molecule has 2 aromatic rings. The maximum absolute atomic E-state index is 12.9. The summed E-state index contributed by atoms with van der Waals surface area (Å²) in [4.78, 5) is 5.14. The molecule has 0 radical (unpaired) electrons. The van der Waals surface area contributed by atoms with Gasteiger partial charge in [0.25, 0.3) is 0 Å². The summed E-state index contributed by atoms with van der Waals surface area (Å²) >= 11 is 1.43. The lowest BCUT2D eigenvalue weighted by molar-refractivity contribution is 0.414. The van der Waals surface area contributed by atoms with Crippen molar-refractivity contribution in [3.8, 4) is 5.75 Å². The second-order valence-electron chi connectivity index (χ2n) is 4.40. The molecule has 0 aromatic heterocycles. The van der Waals surface area contributed by atoms with Crippen LogP contribution in [0.1, 0.15) is 0 Å². The molecule has 4 nitrogen and oxygen atoms in total. The van der Waals surface area contributed by atoms with Gasteiger partial charge in [0.05, 0.1) is 27.6 Å². The zero-order chi connectivity index (χ0) is 14.7. The highest BCUT2D eigenvalue weighted by Gasteiger charge is 2.22. The second-order valence-corrected chi connectivity index (χ2v) is 7.93. The van der Waals surface area contributed by atoms with Crippen LogP contribution in [0.2, 0.25) is 0 Å². The van der Waals surface area contributed by atoms with Crippen LogP contribution < -0.4 is 4.74 Å². The van der Waals surface area contributed by atoms with Crippen molar-refractivity contribution >= 4 is 32.3 Å². The standard InChI is InChI=1S/C15H14N2O2S2/c1-19-13-7-9-14(10-8-13)21(18)11-20-15(17-21)16-12-5-3-2-4-6-12/h2-10H,11H2,1H3. The highest BCUT2D eigenvalue weighted by molar-refractivity contribution is 8.25. The summed E-state index contributed by atoms with van der Waals surface area (Å²) in [6.07, 6.45) is 0. The molecule has 6 heteroatoms. The van der Waals surface area contributed by atoms with Crippen LogP contribution in [0, 0.1) is 0 Å². The largest absolute Gasteiger partial charge is 0.497 e. The highest BCUT2D eigenvalue weighted by Crippen LogP contribution is 2.30. The first-order valence-electron chi connectivity index (χ1n) is 6.35. The van der Waals surface area contributed by atoms with Gasteiger partial charge in [-0.1, -0.05) is 30.0 Å². The molecule has 2 aromatic carbocycles. The van der Waals surface area contributed by atoms with E-state index in [2.05, 4.69) is 9.36 Å². The van der Waals surface area contributed by atoms with Gasteiger partial charge in [0.2, 0.25) is 0 Å². The average molecular weight is 318 g/mol. The minimum absolute atomic E-state index is 0.436. The molecule has 1 aliphatic heterocycles. The molecule has 1 atom stereocenters. The molecular formula is C15H14N2O2S2. The molecule has 1 heterocycles. The first-order chi connectivity index (χ1) is 10.2. The summed E-state index contributed by atoms with van der Waals surface area (Å²) in [5.74, 6) is 0.741. The van der Waals surface area contributed by atoms with Crippen molar-refractivity contribution in [1.29, 1.82) is 0 Å². The van der Waals surface area contributed by atoms with Gasteiger partial charge in [0, 0.05) is 4.90 Å². The van der Waals surface area contributed by atoms with E-state index in [0.717, 1.165) is 11.4 Å².